The van der Waals surface area contributed by atoms with E-state index in [1.807, 2.05) is 25.1 Å². The molecule has 3 heterocycles. The second-order valence-electron chi connectivity index (χ2n) is 7.56. The predicted molar refractivity (Wildman–Crippen MR) is 132 cm³/mol. The molecule has 0 radical (unpaired) electrons. The summed E-state index contributed by atoms with van der Waals surface area (Å²) in [5.74, 6) is 1.08. The fraction of sp³-hybridized carbons (Fsp3) is 0.333. The first-order chi connectivity index (χ1) is 15.9. The highest BCUT2D eigenvalue weighted by atomic mass is 35.5. The highest BCUT2D eigenvalue weighted by Gasteiger charge is 2.19. The molecule has 1 amide bonds. The Kier molecular flexibility index (Phi) is 7.23. The van der Waals surface area contributed by atoms with E-state index in [0.29, 0.717) is 33.1 Å². The molecule has 0 spiro atoms. The third-order valence-corrected chi connectivity index (χ3v) is 6.49. The van der Waals surface area contributed by atoms with E-state index < -0.39 is 0 Å². The van der Waals surface area contributed by atoms with Gasteiger partial charge in [0.1, 0.15) is 16.5 Å². The number of hydrogen-bond acceptors (Lipinski definition) is 10. The van der Waals surface area contributed by atoms with Crippen molar-refractivity contribution in [3.05, 3.63) is 45.9 Å². The quantitative estimate of drug-likeness (QED) is 0.396. The van der Waals surface area contributed by atoms with Gasteiger partial charge in [-0.1, -0.05) is 35.1 Å². The van der Waals surface area contributed by atoms with Crippen molar-refractivity contribution in [3.63, 3.8) is 0 Å². The third kappa shape index (κ3) is 5.69. The minimum absolute atomic E-state index is 0.150. The number of carbonyl (C=O) groups is 1. The number of aryl methyl sites for hydroxylation is 1. The first-order valence-corrected chi connectivity index (χ1v) is 11.6. The molecule has 1 aromatic carbocycles. The second kappa shape index (κ2) is 10.3. The van der Waals surface area contributed by atoms with Crippen LogP contribution in [0.2, 0.25) is 5.02 Å². The molecule has 4 rings (SSSR count). The van der Waals surface area contributed by atoms with Gasteiger partial charge in [0.25, 0.3) is 5.91 Å². The molecule has 0 aliphatic carbocycles. The molecule has 10 nitrogen and oxygen atoms in total. The number of nitrogens with two attached hydrogens (primary N) is 1. The van der Waals surface area contributed by atoms with Gasteiger partial charge in [-0.25, -0.2) is 4.98 Å². The molecular weight excluding hydrogens is 464 g/mol. The Labute approximate surface area is 200 Å². The van der Waals surface area contributed by atoms with Gasteiger partial charge in [-0.05, 0) is 18.6 Å². The van der Waals surface area contributed by atoms with Crippen LogP contribution in [0.1, 0.15) is 15.2 Å². The lowest BCUT2D eigenvalue weighted by atomic mass is 10.2. The first kappa shape index (κ1) is 23.2. The number of carbonyl (C=O) groups excluding carboxylic acids is 1. The summed E-state index contributed by atoms with van der Waals surface area (Å²) < 4.78 is 0. The average molecular weight is 489 g/mol. The van der Waals surface area contributed by atoms with Crippen LogP contribution in [-0.2, 0) is 0 Å². The summed E-state index contributed by atoms with van der Waals surface area (Å²) in [6.45, 7) is 5.93. The molecule has 0 bridgehead atoms. The SMILES string of the molecule is Cc1cccc(Cl)c1NC(=O)c1cnc(Nc2cc(N3CCN(CCO)CC3)nc(N)n2)s1. The maximum absolute atomic E-state index is 12.7. The van der Waals surface area contributed by atoms with Crippen molar-refractivity contribution in [3.8, 4) is 0 Å². The third-order valence-electron chi connectivity index (χ3n) is 5.27. The molecule has 3 aromatic rings. The van der Waals surface area contributed by atoms with Gasteiger partial charge in [-0.2, -0.15) is 9.97 Å². The largest absolute Gasteiger partial charge is 0.395 e. The van der Waals surface area contributed by atoms with Gasteiger partial charge >= 0.3 is 0 Å². The number of benzene rings is 1. The Balaban J connectivity index is 1.43. The summed E-state index contributed by atoms with van der Waals surface area (Å²) in [7, 11) is 0. The number of amides is 1. The number of aromatic nitrogens is 3. The molecule has 1 fully saturated rings. The number of aliphatic hydroxyl groups is 1. The van der Waals surface area contributed by atoms with E-state index in [4.69, 9.17) is 22.4 Å². The predicted octanol–water partition coefficient (Wildman–Crippen LogP) is 2.59. The van der Waals surface area contributed by atoms with Gasteiger partial charge in [0.2, 0.25) is 5.95 Å². The topological polar surface area (TPSA) is 133 Å². The molecule has 12 heteroatoms. The molecule has 33 heavy (non-hydrogen) atoms. The van der Waals surface area contributed by atoms with Gasteiger partial charge in [0.15, 0.2) is 5.13 Å². The summed E-state index contributed by atoms with van der Waals surface area (Å²) in [5, 5.41) is 16.1. The van der Waals surface area contributed by atoms with Crippen molar-refractivity contribution in [1.29, 1.82) is 0 Å². The van der Waals surface area contributed by atoms with E-state index in [9.17, 15) is 4.79 Å². The Bertz CT molecular complexity index is 1110. The zero-order chi connectivity index (χ0) is 23.4. The number of nitrogens with one attached hydrogen (secondary N) is 2. The molecule has 174 valence electrons. The van der Waals surface area contributed by atoms with Gasteiger partial charge in [-0.3, -0.25) is 9.69 Å². The standard InChI is InChI=1S/C21H25ClN8O2S/c1-13-3-2-4-14(22)18(13)28-19(32)15-12-24-21(33-15)26-16-11-17(27-20(23)25-16)30-7-5-29(6-8-30)9-10-31/h2-4,11-12,31H,5-10H2,1H3,(H,28,32)(H3,23,24,25,26,27). The Morgan fingerprint density at radius 2 is 2.06 bits per heavy atom. The molecule has 2 aromatic heterocycles. The summed E-state index contributed by atoms with van der Waals surface area (Å²) >= 11 is 7.41. The van der Waals surface area contributed by atoms with Crippen LogP contribution < -0.4 is 21.3 Å². The van der Waals surface area contributed by atoms with Crippen molar-refractivity contribution in [2.24, 2.45) is 0 Å². The lowest BCUT2D eigenvalue weighted by Gasteiger charge is -2.35. The van der Waals surface area contributed by atoms with E-state index in [2.05, 4.69) is 35.4 Å². The fourth-order valence-corrected chi connectivity index (χ4v) is 4.52. The van der Waals surface area contributed by atoms with Gasteiger partial charge in [0, 0.05) is 38.8 Å². The lowest BCUT2D eigenvalue weighted by molar-refractivity contribution is 0.103. The molecule has 0 unspecified atom stereocenters. The number of para-hydroxylation sites is 1. The summed E-state index contributed by atoms with van der Waals surface area (Å²) in [5.41, 5.74) is 7.39. The Morgan fingerprint density at radius 3 is 2.79 bits per heavy atom. The van der Waals surface area contributed by atoms with Crippen molar-refractivity contribution in [1.82, 2.24) is 19.9 Å². The number of halogens is 1. The van der Waals surface area contributed by atoms with E-state index in [1.54, 1.807) is 6.07 Å². The van der Waals surface area contributed by atoms with E-state index in [0.717, 1.165) is 37.6 Å². The average Bonchev–Trinajstić information content (AvgIpc) is 3.25. The molecular formula is C21H25ClN8O2S. The van der Waals surface area contributed by atoms with Crippen LogP contribution >= 0.6 is 22.9 Å². The summed E-state index contributed by atoms with van der Waals surface area (Å²) in [6, 6.07) is 7.25. The number of thiazole rings is 1. The van der Waals surface area contributed by atoms with Crippen molar-refractivity contribution in [2.45, 2.75) is 6.92 Å². The van der Waals surface area contributed by atoms with Crippen LogP contribution in [0.25, 0.3) is 0 Å². The lowest BCUT2D eigenvalue weighted by Crippen LogP contribution is -2.47. The normalized spacial score (nSPS) is 14.3. The molecule has 1 aliphatic rings. The second-order valence-corrected chi connectivity index (χ2v) is 9.00. The van der Waals surface area contributed by atoms with E-state index >= 15 is 0 Å². The van der Waals surface area contributed by atoms with Crippen LogP contribution in [0, 0.1) is 6.92 Å². The highest BCUT2D eigenvalue weighted by Crippen LogP contribution is 2.28. The number of β-amino-alcohol motifs (C(OH)–C–C–N with tert-alkyl or cyclic N) is 1. The molecule has 5 N–H and O–H groups in total. The number of piperazine rings is 1. The van der Waals surface area contributed by atoms with Crippen LogP contribution in [0.5, 0.6) is 0 Å². The van der Waals surface area contributed by atoms with Crippen molar-refractivity contribution < 1.29 is 9.90 Å². The maximum Gasteiger partial charge on any atom is 0.267 e. The number of anilines is 5. The van der Waals surface area contributed by atoms with E-state index in [-0.39, 0.29) is 18.5 Å². The first-order valence-electron chi connectivity index (χ1n) is 10.4. The minimum Gasteiger partial charge on any atom is -0.395 e. The number of hydrogen-bond donors (Lipinski definition) is 4. The van der Waals surface area contributed by atoms with Crippen LogP contribution in [0.15, 0.2) is 30.5 Å². The monoisotopic (exact) mass is 488 g/mol. The zero-order valence-electron chi connectivity index (χ0n) is 18.1. The minimum atomic E-state index is -0.291. The smallest absolute Gasteiger partial charge is 0.267 e. The van der Waals surface area contributed by atoms with Crippen LogP contribution in [0.4, 0.5) is 28.4 Å². The number of nitrogens with zero attached hydrogens (tertiary/aromatic N) is 5. The fourth-order valence-electron chi connectivity index (χ4n) is 3.53. The highest BCUT2D eigenvalue weighted by molar-refractivity contribution is 7.17. The number of rotatable bonds is 7. The van der Waals surface area contributed by atoms with Crippen LogP contribution in [-0.4, -0.2) is 70.2 Å². The molecule has 0 atom stereocenters. The molecule has 1 aliphatic heterocycles. The van der Waals surface area contributed by atoms with E-state index in [1.165, 1.54) is 17.5 Å². The number of aliphatic hydroxyl groups excluding tert-OH is 1. The summed E-state index contributed by atoms with van der Waals surface area (Å²) in [6.07, 6.45) is 1.50. The Hall–Kier alpha value is -2.99. The van der Waals surface area contributed by atoms with Gasteiger partial charge in [0.05, 0.1) is 23.5 Å². The molecule has 1 saturated heterocycles. The zero-order valence-corrected chi connectivity index (χ0v) is 19.7. The maximum atomic E-state index is 12.7. The summed E-state index contributed by atoms with van der Waals surface area (Å²) in [4.78, 5) is 30.3. The molecule has 0 saturated carbocycles. The number of nitrogen functional groups attached to an aromatic ring is 1. The van der Waals surface area contributed by atoms with Crippen LogP contribution in [0.3, 0.4) is 0 Å². The van der Waals surface area contributed by atoms with Crippen molar-refractivity contribution in [2.75, 3.05) is 60.6 Å². The van der Waals surface area contributed by atoms with Gasteiger partial charge in [-0.15, -0.1) is 0 Å². The van der Waals surface area contributed by atoms with Crippen molar-refractivity contribution >= 4 is 57.2 Å². The Morgan fingerprint density at radius 1 is 1.27 bits per heavy atom. The van der Waals surface area contributed by atoms with Gasteiger partial charge < -0.3 is 26.4 Å².